The summed E-state index contributed by atoms with van der Waals surface area (Å²) in [5.74, 6) is 1.44. The molecule has 3 aliphatic rings. The van der Waals surface area contributed by atoms with Crippen molar-refractivity contribution in [3.05, 3.63) is 54.1 Å². The number of hydrogen-bond acceptors (Lipinski definition) is 5. The standard InChI is InChI=1S/C23H21N3O3/c27-22(24-17-13-26-10-8-14(17)9-11-26)16-5-3-7-19-21(16)25-23(29-19)20-12-15-4-1-2-6-18(15)28-20/h1-7,12,14,17H,8-11,13H2,(H,24,27)/t17-/m1/s1. The van der Waals surface area contributed by atoms with Crippen LogP contribution in [0.2, 0.25) is 0 Å². The summed E-state index contributed by atoms with van der Waals surface area (Å²) >= 11 is 0. The molecule has 3 fully saturated rings. The van der Waals surface area contributed by atoms with Gasteiger partial charge in [0.15, 0.2) is 11.3 Å². The summed E-state index contributed by atoms with van der Waals surface area (Å²) in [4.78, 5) is 20.1. The van der Waals surface area contributed by atoms with E-state index in [4.69, 9.17) is 8.83 Å². The molecule has 2 bridgehead atoms. The molecule has 7 rings (SSSR count). The molecule has 0 unspecified atom stereocenters. The maximum absolute atomic E-state index is 13.1. The van der Waals surface area contributed by atoms with E-state index in [2.05, 4.69) is 15.2 Å². The highest BCUT2D eigenvalue weighted by Crippen LogP contribution is 2.31. The number of piperidine rings is 3. The molecule has 0 saturated carbocycles. The van der Waals surface area contributed by atoms with Gasteiger partial charge in [-0.2, -0.15) is 0 Å². The van der Waals surface area contributed by atoms with E-state index in [0.717, 1.165) is 43.4 Å². The van der Waals surface area contributed by atoms with Crippen LogP contribution in [0.15, 0.2) is 57.4 Å². The van der Waals surface area contributed by atoms with Crippen molar-refractivity contribution in [3.8, 4) is 11.7 Å². The van der Waals surface area contributed by atoms with Crippen molar-refractivity contribution in [2.75, 3.05) is 19.6 Å². The van der Waals surface area contributed by atoms with Crippen LogP contribution < -0.4 is 5.32 Å². The molecule has 5 heterocycles. The predicted molar refractivity (Wildman–Crippen MR) is 110 cm³/mol. The fourth-order valence-corrected chi connectivity index (χ4v) is 4.70. The molecule has 3 saturated heterocycles. The molecule has 0 aliphatic carbocycles. The molecule has 0 spiro atoms. The lowest BCUT2D eigenvalue weighted by molar-refractivity contribution is 0.0621. The van der Waals surface area contributed by atoms with E-state index in [-0.39, 0.29) is 11.9 Å². The molecule has 1 amide bonds. The van der Waals surface area contributed by atoms with Gasteiger partial charge in [0.25, 0.3) is 11.8 Å². The Kier molecular flexibility index (Phi) is 3.74. The minimum Gasteiger partial charge on any atom is -0.451 e. The van der Waals surface area contributed by atoms with Crippen molar-refractivity contribution in [3.63, 3.8) is 0 Å². The summed E-state index contributed by atoms with van der Waals surface area (Å²) < 4.78 is 11.8. The van der Waals surface area contributed by atoms with E-state index in [1.165, 1.54) is 0 Å². The fraction of sp³-hybridized carbons (Fsp3) is 0.304. The van der Waals surface area contributed by atoms with Crippen molar-refractivity contribution in [1.29, 1.82) is 0 Å². The first-order valence-corrected chi connectivity index (χ1v) is 10.2. The number of para-hydroxylation sites is 2. The molecule has 0 radical (unpaired) electrons. The van der Waals surface area contributed by atoms with E-state index in [1.54, 1.807) is 0 Å². The zero-order chi connectivity index (χ0) is 19.4. The van der Waals surface area contributed by atoms with Gasteiger partial charge in [-0.25, -0.2) is 4.98 Å². The van der Waals surface area contributed by atoms with Gasteiger partial charge in [0.2, 0.25) is 0 Å². The molecule has 4 aromatic rings. The number of oxazole rings is 1. The lowest BCUT2D eigenvalue weighted by Gasteiger charge is -2.44. The number of aromatic nitrogens is 1. The number of amides is 1. The van der Waals surface area contributed by atoms with Crippen molar-refractivity contribution < 1.29 is 13.6 Å². The van der Waals surface area contributed by atoms with Gasteiger partial charge in [-0.1, -0.05) is 24.3 Å². The predicted octanol–water partition coefficient (Wildman–Crippen LogP) is 4.07. The highest BCUT2D eigenvalue weighted by atomic mass is 16.4. The minimum atomic E-state index is -0.0844. The van der Waals surface area contributed by atoms with Crippen LogP contribution in [0.3, 0.4) is 0 Å². The van der Waals surface area contributed by atoms with Crippen LogP contribution >= 0.6 is 0 Å². The fourth-order valence-electron chi connectivity index (χ4n) is 4.70. The van der Waals surface area contributed by atoms with Gasteiger partial charge in [0.1, 0.15) is 11.1 Å². The Bertz CT molecular complexity index is 1180. The van der Waals surface area contributed by atoms with Gasteiger partial charge in [-0.05, 0) is 56.1 Å². The monoisotopic (exact) mass is 387 g/mol. The number of rotatable bonds is 3. The number of hydrogen-bond donors (Lipinski definition) is 1. The van der Waals surface area contributed by atoms with E-state index >= 15 is 0 Å². The van der Waals surface area contributed by atoms with Crippen molar-refractivity contribution in [2.24, 2.45) is 5.92 Å². The van der Waals surface area contributed by atoms with Crippen molar-refractivity contribution in [2.45, 2.75) is 18.9 Å². The first-order chi connectivity index (χ1) is 14.2. The number of nitrogens with zero attached hydrogens (tertiary/aromatic N) is 2. The normalized spacial score (nSPS) is 23.7. The summed E-state index contributed by atoms with van der Waals surface area (Å²) in [7, 11) is 0. The van der Waals surface area contributed by atoms with Gasteiger partial charge >= 0.3 is 0 Å². The van der Waals surface area contributed by atoms with E-state index in [1.807, 2.05) is 48.5 Å². The number of nitrogens with one attached hydrogen (secondary N) is 1. The number of furan rings is 1. The van der Waals surface area contributed by atoms with Gasteiger partial charge in [-0.3, -0.25) is 4.79 Å². The average Bonchev–Trinajstić information content (AvgIpc) is 3.38. The minimum absolute atomic E-state index is 0.0844. The third-order valence-corrected chi connectivity index (χ3v) is 6.27. The molecule has 146 valence electrons. The van der Waals surface area contributed by atoms with Gasteiger partial charge in [0.05, 0.1) is 5.56 Å². The van der Waals surface area contributed by atoms with Crippen LogP contribution in [-0.4, -0.2) is 41.5 Å². The van der Waals surface area contributed by atoms with Crippen LogP contribution in [0, 0.1) is 5.92 Å². The summed E-state index contributed by atoms with van der Waals surface area (Å²) in [6, 6.07) is 15.4. The van der Waals surface area contributed by atoms with E-state index in [0.29, 0.717) is 34.2 Å². The summed E-state index contributed by atoms with van der Waals surface area (Å²) in [6.07, 6.45) is 2.32. The molecule has 1 N–H and O–H groups in total. The highest BCUT2D eigenvalue weighted by molar-refractivity contribution is 6.05. The number of fused-ring (bicyclic) bond motifs is 5. The second-order valence-corrected chi connectivity index (χ2v) is 8.04. The molecule has 2 aromatic heterocycles. The molecular formula is C23H21N3O3. The zero-order valence-electron chi connectivity index (χ0n) is 15.9. The van der Waals surface area contributed by atoms with Gasteiger partial charge < -0.3 is 19.1 Å². The van der Waals surface area contributed by atoms with Crippen LogP contribution in [-0.2, 0) is 0 Å². The molecule has 1 atom stereocenters. The third-order valence-electron chi connectivity index (χ3n) is 6.27. The lowest BCUT2D eigenvalue weighted by atomic mass is 9.84. The Morgan fingerprint density at radius 3 is 2.66 bits per heavy atom. The summed E-state index contributed by atoms with van der Waals surface area (Å²) in [5, 5.41) is 4.23. The second-order valence-electron chi connectivity index (χ2n) is 8.04. The Hall–Kier alpha value is -3.12. The third kappa shape index (κ3) is 2.83. The van der Waals surface area contributed by atoms with E-state index < -0.39 is 0 Å². The molecule has 6 heteroatoms. The smallest absolute Gasteiger partial charge is 0.264 e. The van der Waals surface area contributed by atoms with Gasteiger partial charge in [0, 0.05) is 18.0 Å². The van der Waals surface area contributed by atoms with Gasteiger partial charge in [-0.15, -0.1) is 0 Å². The molecular weight excluding hydrogens is 366 g/mol. The first-order valence-electron chi connectivity index (χ1n) is 10.2. The lowest BCUT2D eigenvalue weighted by Crippen LogP contribution is -2.57. The van der Waals surface area contributed by atoms with Crippen molar-refractivity contribution in [1.82, 2.24) is 15.2 Å². The second kappa shape index (κ2) is 6.46. The largest absolute Gasteiger partial charge is 0.451 e. The Balaban J connectivity index is 1.33. The molecule has 2 aromatic carbocycles. The number of carbonyl (C=O) groups is 1. The summed E-state index contributed by atoms with van der Waals surface area (Å²) in [6.45, 7) is 3.24. The first kappa shape index (κ1) is 16.8. The van der Waals surface area contributed by atoms with Crippen LogP contribution in [0.25, 0.3) is 33.7 Å². The highest BCUT2D eigenvalue weighted by Gasteiger charge is 2.35. The van der Waals surface area contributed by atoms with Crippen LogP contribution in [0.1, 0.15) is 23.2 Å². The van der Waals surface area contributed by atoms with E-state index in [9.17, 15) is 4.79 Å². The molecule has 29 heavy (non-hydrogen) atoms. The maximum atomic E-state index is 13.1. The number of carbonyl (C=O) groups excluding carboxylic acids is 1. The Morgan fingerprint density at radius 2 is 1.86 bits per heavy atom. The SMILES string of the molecule is O=C(N[C@@H]1CN2CCC1CC2)c1cccc2oc(-c3cc4ccccc4o3)nc12. The quantitative estimate of drug-likeness (QED) is 0.574. The number of benzene rings is 2. The van der Waals surface area contributed by atoms with Crippen LogP contribution in [0.5, 0.6) is 0 Å². The average molecular weight is 387 g/mol. The Morgan fingerprint density at radius 1 is 1.03 bits per heavy atom. The van der Waals surface area contributed by atoms with Crippen LogP contribution in [0.4, 0.5) is 0 Å². The maximum Gasteiger partial charge on any atom is 0.264 e. The zero-order valence-corrected chi connectivity index (χ0v) is 15.9. The molecule has 3 aliphatic heterocycles. The Labute approximate surface area is 167 Å². The topological polar surface area (TPSA) is 71.5 Å². The summed E-state index contributed by atoms with van der Waals surface area (Å²) in [5.41, 5.74) is 2.49. The van der Waals surface area contributed by atoms with Crippen molar-refractivity contribution >= 4 is 28.0 Å². The molecule has 6 nitrogen and oxygen atoms in total.